The zero-order chi connectivity index (χ0) is 12.1. The van der Waals surface area contributed by atoms with Crippen molar-refractivity contribution < 1.29 is 5.11 Å². The number of aliphatic hydroxyl groups excluding tert-OH is 1. The van der Waals surface area contributed by atoms with E-state index in [4.69, 9.17) is 28.3 Å². The van der Waals surface area contributed by atoms with Gasteiger partial charge in [-0.3, -0.25) is 0 Å². The van der Waals surface area contributed by atoms with Crippen molar-refractivity contribution in [2.75, 3.05) is 6.61 Å². The van der Waals surface area contributed by atoms with E-state index in [9.17, 15) is 0 Å². The highest BCUT2D eigenvalue weighted by molar-refractivity contribution is 6.34. The largest absolute Gasteiger partial charge is 0.395 e. The Bertz CT molecular complexity index is 320. The molecule has 0 radical (unpaired) electrons. The minimum atomic E-state index is 0.104. The van der Waals surface area contributed by atoms with Crippen LogP contribution < -0.4 is 5.32 Å². The van der Waals surface area contributed by atoms with Gasteiger partial charge in [-0.1, -0.05) is 30.1 Å². The van der Waals surface area contributed by atoms with E-state index >= 15 is 0 Å². The van der Waals surface area contributed by atoms with Crippen LogP contribution in [0.4, 0.5) is 0 Å². The average Bonchev–Trinajstić information content (AvgIpc) is 2.24. The summed E-state index contributed by atoms with van der Waals surface area (Å²) in [5, 5.41) is 13.7. The highest BCUT2D eigenvalue weighted by Crippen LogP contribution is 2.23. The molecule has 0 amide bonds. The van der Waals surface area contributed by atoms with Crippen LogP contribution in [-0.2, 0) is 0 Å². The lowest BCUT2D eigenvalue weighted by atomic mass is 10.1. The summed E-state index contributed by atoms with van der Waals surface area (Å²) < 4.78 is 0. The van der Waals surface area contributed by atoms with Crippen LogP contribution in [0, 0.1) is 0 Å². The van der Waals surface area contributed by atoms with E-state index in [1.54, 1.807) is 6.07 Å². The first-order valence-corrected chi connectivity index (χ1v) is 6.15. The van der Waals surface area contributed by atoms with Gasteiger partial charge in [-0.2, -0.15) is 0 Å². The number of hydrogen-bond donors (Lipinski definition) is 2. The van der Waals surface area contributed by atoms with E-state index in [0.29, 0.717) is 10.0 Å². The van der Waals surface area contributed by atoms with Crippen molar-refractivity contribution in [2.45, 2.75) is 32.4 Å². The lowest BCUT2D eigenvalue weighted by Crippen LogP contribution is -2.33. The van der Waals surface area contributed by atoms with Gasteiger partial charge in [-0.05, 0) is 37.1 Å². The summed E-state index contributed by atoms with van der Waals surface area (Å²) in [5.41, 5.74) is 1.03. The van der Waals surface area contributed by atoms with Crippen molar-refractivity contribution in [3.63, 3.8) is 0 Å². The Morgan fingerprint density at radius 2 is 1.81 bits per heavy atom. The molecular weight excluding hydrogens is 245 g/mol. The third kappa shape index (κ3) is 3.95. The molecule has 2 nitrogen and oxygen atoms in total. The van der Waals surface area contributed by atoms with Crippen LogP contribution in [0.25, 0.3) is 0 Å². The van der Waals surface area contributed by atoms with Crippen LogP contribution in [-0.4, -0.2) is 17.8 Å². The molecule has 0 bridgehead atoms. The highest BCUT2D eigenvalue weighted by Gasteiger charge is 2.11. The lowest BCUT2D eigenvalue weighted by molar-refractivity contribution is 0.230. The fourth-order valence-corrected chi connectivity index (χ4v) is 2.12. The third-order valence-corrected chi connectivity index (χ3v) is 3.02. The maximum absolute atomic E-state index is 9.12. The Morgan fingerprint density at radius 1 is 1.25 bits per heavy atom. The van der Waals surface area contributed by atoms with Gasteiger partial charge in [0.05, 0.1) is 6.61 Å². The van der Waals surface area contributed by atoms with Crippen LogP contribution in [0.5, 0.6) is 0 Å². The molecule has 0 aromatic heterocycles. The number of benzene rings is 1. The molecule has 90 valence electrons. The molecule has 0 aliphatic carbocycles. The van der Waals surface area contributed by atoms with Gasteiger partial charge in [0, 0.05) is 22.1 Å². The van der Waals surface area contributed by atoms with Gasteiger partial charge >= 0.3 is 0 Å². The van der Waals surface area contributed by atoms with Crippen LogP contribution in [0.1, 0.15) is 31.9 Å². The summed E-state index contributed by atoms with van der Waals surface area (Å²) in [6.45, 7) is 4.20. The molecule has 0 aliphatic heterocycles. The summed E-state index contributed by atoms with van der Waals surface area (Å²) in [4.78, 5) is 0. The normalized spacial score (nSPS) is 14.8. The maximum atomic E-state index is 9.12. The maximum Gasteiger partial charge on any atom is 0.0584 e. The van der Waals surface area contributed by atoms with Crippen LogP contribution in [0.2, 0.25) is 10.0 Å². The molecule has 2 N–H and O–H groups in total. The van der Waals surface area contributed by atoms with Gasteiger partial charge in [-0.15, -0.1) is 0 Å². The predicted octanol–water partition coefficient (Wildman–Crippen LogP) is 3.41. The molecule has 0 saturated carbocycles. The second-order valence-corrected chi connectivity index (χ2v) is 4.75. The van der Waals surface area contributed by atoms with Crippen molar-refractivity contribution in [3.8, 4) is 0 Å². The molecule has 2 atom stereocenters. The molecule has 0 heterocycles. The summed E-state index contributed by atoms with van der Waals surface area (Å²) in [7, 11) is 0. The van der Waals surface area contributed by atoms with Gasteiger partial charge in [-0.25, -0.2) is 0 Å². The quantitative estimate of drug-likeness (QED) is 0.852. The molecule has 1 aromatic carbocycles. The fourth-order valence-electron chi connectivity index (χ4n) is 1.57. The van der Waals surface area contributed by atoms with Gasteiger partial charge in [0.15, 0.2) is 0 Å². The monoisotopic (exact) mass is 261 g/mol. The van der Waals surface area contributed by atoms with E-state index < -0.39 is 0 Å². The smallest absolute Gasteiger partial charge is 0.0584 e. The van der Waals surface area contributed by atoms with Crippen molar-refractivity contribution in [3.05, 3.63) is 33.8 Å². The van der Waals surface area contributed by atoms with Gasteiger partial charge in [0.25, 0.3) is 0 Å². The molecule has 4 heteroatoms. The van der Waals surface area contributed by atoms with Gasteiger partial charge in [0.1, 0.15) is 0 Å². The molecule has 0 fully saturated rings. The van der Waals surface area contributed by atoms with Crippen LogP contribution in [0.15, 0.2) is 18.2 Å². The Morgan fingerprint density at radius 3 is 2.25 bits per heavy atom. The number of hydrogen-bond acceptors (Lipinski definition) is 2. The first-order chi connectivity index (χ1) is 7.56. The Kier molecular flexibility index (Phi) is 5.56. The van der Waals surface area contributed by atoms with E-state index in [2.05, 4.69) is 5.32 Å². The molecule has 2 unspecified atom stereocenters. The van der Waals surface area contributed by atoms with E-state index in [1.807, 2.05) is 26.0 Å². The second kappa shape index (κ2) is 6.45. The molecular formula is C12H17Cl2NO. The molecule has 1 rings (SSSR count). The topological polar surface area (TPSA) is 32.3 Å². The highest BCUT2D eigenvalue weighted by atomic mass is 35.5. The third-order valence-electron chi connectivity index (χ3n) is 2.58. The molecule has 0 spiro atoms. The first-order valence-electron chi connectivity index (χ1n) is 5.39. The minimum absolute atomic E-state index is 0.104. The van der Waals surface area contributed by atoms with Crippen LogP contribution in [0.3, 0.4) is 0 Å². The number of rotatable bonds is 5. The van der Waals surface area contributed by atoms with E-state index in [-0.39, 0.29) is 18.7 Å². The fraction of sp³-hybridized carbons (Fsp3) is 0.500. The summed E-state index contributed by atoms with van der Waals surface area (Å²) in [6, 6.07) is 5.70. The number of aliphatic hydroxyl groups is 1. The van der Waals surface area contributed by atoms with Crippen molar-refractivity contribution in [1.82, 2.24) is 5.32 Å². The Balaban J connectivity index is 2.75. The zero-order valence-corrected chi connectivity index (χ0v) is 11.0. The van der Waals surface area contributed by atoms with Gasteiger partial charge in [0.2, 0.25) is 0 Å². The summed E-state index contributed by atoms with van der Waals surface area (Å²) >= 11 is 11.9. The standard InChI is InChI=1S/C12H17Cl2NO/c1-3-12(7-16)15-8(2)9-4-10(13)6-11(14)5-9/h4-6,8,12,15-16H,3,7H2,1-2H3. The van der Waals surface area contributed by atoms with Crippen LogP contribution >= 0.6 is 23.2 Å². The van der Waals surface area contributed by atoms with Crippen molar-refractivity contribution >= 4 is 23.2 Å². The Hall–Kier alpha value is -0.280. The SMILES string of the molecule is CCC(CO)NC(C)c1cc(Cl)cc(Cl)c1. The summed E-state index contributed by atoms with van der Waals surface area (Å²) in [6.07, 6.45) is 0.884. The molecule has 0 aliphatic rings. The average molecular weight is 262 g/mol. The number of nitrogens with one attached hydrogen (secondary N) is 1. The molecule has 16 heavy (non-hydrogen) atoms. The van der Waals surface area contributed by atoms with E-state index in [1.165, 1.54) is 0 Å². The first kappa shape index (κ1) is 13.8. The molecule has 1 aromatic rings. The predicted molar refractivity (Wildman–Crippen MR) is 69.2 cm³/mol. The van der Waals surface area contributed by atoms with Crippen molar-refractivity contribution in [1.29, 1.82) is 0 Å². The van der Waals surface area contributed by atoms with E-state index in [0.717, 1.165) is 12.0 Å². The zero-order valence-electron chi connectivity index (χ0n) is 9.50. The minimum Gasteiger partial charge on any atom is -0.395 e. The molecule has 0 saturated heterocycles. The Labute approximate surface area is 107 Å². The van der Waals surface area contributed by atoms with Crippen molar-refractivity contribution in [2.24, 2.45) is 0 Å². The second-order valence-electron chi connectivity index (χ2n) is 3.88. The number of halogens is 2. The lowest BCUT2D eigenvalue weighted by Gasteiger charge is -2.21. The summed E-state index contributed by atoms with van der Waals surface area (Å²) in [5.74, 6) is 0. The van der Waals surface area contributed by atoms with Gasteiger partial charge < -0.3 is 10.4 Å².